The number of rotatable bonds is 3. The van der Waals surface area contributed by atoms with Crippen molar-refractivity contribution in [3.05, 3.63) is 35.9 Å². The molecule has 0 aromatic heterocycles. The Morgan fingerprint density at radius 2 is 1.87 bits per heavy atom. The predicted octanol–water partition coefficient (Wildman–Crippen LogP) is 3.08. The van der Waals surface area contributed by atoms with E-state index in [1.165, 1.54) is 9.80 Å². The fourth-order valence-corrected chi connectivity index (χ4v) is 4.47. The zero-order chi connectivity index (χ0) is 22.3. The van der Waals surface area contributed by atoms with Gasteiger partial charge in [0.2, 0.25) is 0 Å². The number of hydrogen-bond donors (Lipinski definition) is 2. The molecule has 2 aliphatic rings. The van der Waals surface area contributed by atoms with Gasteiger partial charge < -0.3 is 19.7 Å². The topological polar surface area (TPSA) is 99.5 Å². The molecule has 2 saturated heterocycles. The minimum Gasteiger partial charge on any atom is -0.465 e. The Bertz CT molecular complexity index is 776. The highest BCUT2D eigenvalue weighted by Gasteiger charge is 2.55. The molecule has 4 atom stereocenters. The molecule has 8 heteroatoms. The van der Waals surface area contributed by atoms with Gasteiger partial charge in [-0.1, -0.05) is 30.3 Å². The van der Waals surface area contributed by atoms with Crippen LogP contribution in [-0.4, -0.2) is 74.4 Å². The molecular formula is C22H32N2O6. The van der Waals surface area contributed by atoms with Gasteiger partial charge in [-0.2, -0.15) is 0 Å². The summed E-state index contributed by atoms with van der Waals surface area (Å²) in [4.78, 5) is 27.8. The first kappa shape index (κ1) is 22.4. The highest BCUT2D eigenvalue weighted by atomic mass is 16.6. The summed E-state index contributed by atoms with van der Waals surface area (Å²) in [6, 6.07) is 8.59. The van der Waals surface area contributed by atoms with Gasteiger partial charge in [-0.25, -0.2) is 9.59 Å². The summed E-state index contributed by atoms with van der Waals surface area (Å²) in [5.41, 5.74) is -0.771. The van der Waals surface area contributed by atoms with E-state index in [4.69, 9.17) is 9.47 Å². The van der Waals surface area contributed by atoms with Gasteiger partial charge >= 0.3 is 12.2 Å². The van der Waals surface area contributed by atoms with E-state index < -0.39 is 47.8 Å². The number of aliphatic hydroxyl groups is 1. The number of carbonyl (C=O) groups excluding carboxylic acids is 1. The van der Waals surface area contributed by atoms with E-state index in [-0.39, 0.29) is 6.54 Å². The first-order valence-electron chi connectivity index (χ1n) is 10.3. The van der Waals surface area contributed by atoms with Gasteiger partial charge in [-0.3, -0.25) is 9.80 Å². The van der Waals surface area contributed by atoms with Crippen molar-refractivity contribution in [2.75, 3.05) is 6.54 Å². The maximum atomic E-state index is 12.8. The first-order chi connectivity index (χ1) is 13.9. The third kappa shape index (κ3) is 4.70. The second kappa shape index (κ2) is 8.07. The van der Waals surface area contributed by atoms with Gasteiger partial charge in [0.05, 0.1) is 24.7 Å². The third-order valence-electron chi connectivity index (χ3n) is 5.54. The lowest BCUT2D eigenvalue weighted by atomic mass is 9.94. The Morgan fingerprint density at radius 3 is 2.43 bits per heavy atom. The molecule has 0 saturated carbocycles. The Hall–Kier alpha value is -2.32. The standard InChI is InChI=1S/C22H32N2O6/c1-21(2,3)30-20(28)23-13-15(25)12-16(23)18-17(11-14-9-7-6-8-10-14)24(19(26)27)22(4,5)29-18/h6-10,15-18,25H,11-13H2,1-5H3,(H,26,27). The molecule has 166 valence electrons. The highest BCUT2D eigenvalue weighted by Crippen LogP contribution is 2.39. The molecule has 2 fully saturated rings. The summed E-state index contributed by atoms with van der Waals surface area (Å²) < 4.78 is 11.8. The molecule has 2 N–H and O–H groups in total. The maximum absolute atomic E-state index is 12.8. The molecule has 2 aliphatic heterocycles. The quantitative estimate of drug-likeness (QED) is 0.780. The van der Waals surface area contributed by atoms with E-state index in [0.717, 1.165) is 5.56 Å². The second-order valence-electron chi connectivity index (χ2n) is 9.53. The lowest BCUT2D eigenvalue weighted by Gasteiger charge is -2.33. The van der Waals surface area contributed by atoms with Crippen LogP contribution in [0.15, 0.2) is 30.3 Å². The van der Waals surface area contributed by atoms with Crippen LogP contribution in [0.4, 0.5) is 9.59 Å². The zero-order valence-corrected chi connectivity index (χ0v) is 18.2. The van der Waals surface area contributed by atoms with E-state index in [0.29, 0.717) is 12.8 Å². The van der Waals surface area contributed by atoms with Gasteiger partial charge in [-0.15, -0.1) is 0 Å². The van der Waals surface area contributed by atoms with Crippen LogP contribution in [0.2, 0.25) is 0 Å². The molecular weight excluding hydrogens is 388 g/mol. The van der Waals surface area contributed by atoms with Crippen LogP contribution >= 0.6 is 0 Å². The van der Waals surface area contributed by atoms with Crippen molar-refractivity contribution < 1.29 is 29.3 Å². The Morgan fingerprint density at radius 1 is 1.23 bits per heavy atom. The summed E-state index contributed by atoms with van der Waals surface area (Å²) in [6.07, 6.45) is -2.18. The zero-order valence-electron chi connectivity index (χ0n) is 18.2. The minimum atomic E-state index is -1.08. The predicted molar refractivity (Wildman–Crippen MR) is 110 cm³/mol. The number of β-amino-alcohol motifs (C(OH)–C–C–N with tert-alkyl or cyclic N) is 1. The van der Waals surface area contributed by atoms with Crippen LogP contribution in [0.1, 0.15) is 46.6 Å². The van der Waals surface area contributed by atoms with E-state index in [1.54, 1.807) is 34.6 Å². The van der Waals surface area contributed by atoms with E-state index in [1.807, 2.05) is 30.3 Å². The lowest BCUT2D eigenvalue weighted by Crippen LogP contribution is -2.52. The normalized spacial score (nSPS) is 28.6. The summed E-state index contributed by atoms with van der Waals surface area (Å²) >= 11 is 0. The number of hydrogen-bond acceptors (Lipinski definition) is 5. The smallest absolute Gasteiger partial charge is 0.410 e. The van der Waals surface area contributed by atoms with Crippen molar-refractivity contribution in [3.63, 3.8) is 0 Å². The molecule has 0 bridgehead atoms. The number of aliphatic hydroxyl groups excluding tert-OH is 1. The van der Waals surface area contributed by atoms with Gasteiger partial charge in [-0.05, 0) is 53.0 Å². The summed E-state index contributed by atoms with van der Waals surface area (Å²) in [5.74, 6) is 0. The fraction of sp³-hybridized carbons (Fsp3) is 0.636. The molecule has 3 rings (SSSR count). The van der Waals surface area contributed by atoms with Gasteiger partial charge in [0, 0.05) is 0 Å². The largest absolute Gasteiger partial charge is 0.465 e. The number of nitrogens with zero attached hydrogens (tertiary/aromatic N) is 2. The number of carboxylic acid groups (broad SMARTS) is 1. The molecule has 2 amide bonds. The molecule has 2 heterocycles. The molecule has 1 aromatic rings. The van der Waals surface area contributed by atoms with Crippen molar-refractivity contribution in [2.24, 2.45) is 0 Å². The Balaban J connectivity index is 1.93. The van der Waals surface area contributed by atoms with E-state index >= 15 is 0 Å². The molecule has 0 aliphatic carbocycles. The summed E-state index contributed by atoms with van der Waals surface area (Å²) in [5, 5.41) is 20.3. The van der Waals surface area contributed by atoms with Crippen molar-refractivity contribution in [1.29, 1.82) is 0 Å². The van der Waals surface area contributed by atoms with Crippen molar-refractivity contribution >= 4 is 12.2 Å². The molecule has 8 nitrogen and oxygen atoms in total. The van der Waals surface area contributed by atoms with Crippen LogP contribution in [0, 0.1) is 0 Å². The lowest BCUT2D eigenvalue weighted by molar-refractivity contribution is -0.0839. The van der Waals surface area contributed by atoms with Crippen LogP contribution in [-0.2, 0) is 15.9 Å². The molecule has 1 aromatic carbocycles. The first-order valence-corrected chi connectivity index (χ1v) is 10.3. The number of likely N-dealkylation sites (tertiary alicyclic amines) is 1. The van der Waals surface area contributed by atoms with Crippen molar-refractivity contribution in [3.8, 4) is 0 Å². The van der Waals surface area contributed by atoms with Crippen LogP contribution in [0.5, 0.6) is 0 Å². The monoisotopic (exact) mass is 420 g/mol. The minimum absolute atomic E-state index is 0.130. The Kier molecular flexibility index (Phi) is 6.02. The molecule has 4 unspecified atom stereocenters. The Labute approximate surface area is 177 Å². The van der Waals surface area contributed by atoms with Gasteiger partial charge in [0.15, 0.2) is 0 Å². The molecule has 0 radical (unpaired) electrons. The van der Waals surface area contributed by atoms with Crippen LogP contribution in [0.25, 0.3) is 0 Å². The van der Waals surface area contributed by atoms with Gasteiger partial charge in [0.1, 0.15) is 17.4 Å². The van der Waals surface area contributed by atoms with Crippen molar-refractivity contribution in [1.82, 2.24) is 9.80 Å². The third-order valence-corrected chi connectivity index (χ3v) is 5.54. The summed E-state index contributed by atoms with van der Waals surface area (Å²) in [7, 11) is 0. The van der Waals surface area contributed by atoms with Crippen molar-refractivity contribution in [2.45, 2.75) is 83.1 Å². The number of benzene rings is 1. The number of amides is 2. The fourth-order valence-electron chi connectivity index (χ4n) is 4.47. The van der Waals surface area contributed by atoms with Crippen LogP contribution < -0.4 is 0 Å². The number of carbonyl (C=O) groups is 2. The molecule has 0 spiro atoms. The average molecular weight is 421 g/mol. The van der Waals surface area contributed by atoms with E-state index in [9.17, 15) is 19.8 Å². The highest BCUT2D eigenvalue weighted by molar-refractivity contribution is 5.70. The molecule has 30 heavy (non-hydrogen) atoms. The van der Waals surface area contributed by atoms with Gasteiger partial charge in [0.25, 0.3) is 0 Å². The average Bonchev–Trinajstić information content (AvgIpc) is 3.11. The SMILES string of the molecule is CC(C)(C)OC(=O)N1CC(O)CC1C1OC(C)(C)N(C(=O)O)C1Cc1ccccc1. The maximum Gasteiger partial charge on any atom is 0.410 e. The second-order valence-corrected chi connectivity index (χ2v) is 9.53. The van der Waals surface area contributed by atoms with E-state index in [2.05, 4.69) is 0 Å². The summed E-state index contributed by atoms with van der Waals surface area (Å²) in [6.45, 7) is 8.90. The van der Waals surface area contributed by atoms with Crippen LogP contribution in [0.3, 0.4) is 0 Å². The number of ether oxygens (including phenoxy) is 2.